The fourth-order valence-corrected chi connectivity index (χ4v) is 5.77. The summed E-state index contributed by atoms with van der Waals surface area (Å²) in [6.07, 6.45) is -0.704. The maximum absolute atomic E-state index is 12.7. The zero-order chi connectivity index (χ0) is 22.8. The second-order valence-corrected chi connectivity index (χ2v) is 9.22. The molecule has 0 bridgehead atoms. The van der Waals surface area contributed by atoms with Gasteiger partial charge in [-0.3, -0.25) is 19.6 Å². The number of rotatable bonds is 8. The van der Waals surface area contributed by atoms with Crippen LogP contribution in [0.15, 0.2) is 46.8 Å². The second-order valence-electron chi connectivity index (χ2n) is 7.17. The zero-order valence-corrected chi connectivity index (χ0v) is 18.7. The summed E-state index contributed by atoms with van der Waals surface area (Å²) in [7, 11) is 0. The molecule has 0 saturated carbocycles. The average molecular weight is 476 g/mol. The van der Waals surface area contributed by atoms with Crippen molar-refractivity contribution in [2.45, 2.75) is 36.0 Å². The van der Waals surface area contributed by atoms with Crippen molar-refractivity contribution in [1.29, 1.82) is 0 Å². The molecular formula is C20H21N5O5S2. The number of carboxylic acid groups (broad SMARTS) is 1. The Morgan fingerprint density at radius 2 is 2.12 bits per heavy atom. The van der Waals surface area contributed by atoms with Crippen LogP contribution in [0.5, 0.6) is 0 Å². The van der Waals surface area contributed by atoms with Crippen LogP contribution in [-0.4, -0.2) is 71.0 Å². The molecule has 168 valence electrons. The Labute approximate surface area is 191 Å². The number of aliphatic carboxylic acids is 1. The van der Waals surface area contributed by atoms with Crippen LogP contribution in [0.3, 0.4) is 0 Å². The number of aliphatic hydroxyl groups is 1. The summed E-state index contributed by atoms with van der Waals surface area (Å²) in [4.78, 5) is 42.7. The van der Waals surface area contributed by atoms with E-state index >= 15 is 0 Å². The summed E-state index contributed by atoms with van der Waals surface area (Å²) >= 11 is 2.67. The second kappa shape index (κ2) is 9.35. The Hall–Kier alpha value is -2.83. The molecule has 3 atom stereocenters. The number of carbonyl (C=O) groups is 3. The van der Waals surface area contributed by atoms with Crippen LogP contribution in [0.25, 0.3) is 0 Å². The predicted molar refractivity (Wildman–Crippen MR) is 118 cm³/mol. The Morgan fingerprint density at radius 1 is 1.38 bits per heavy atom. The van der Waals surface area contributed by atoms with Crippen molar-refractivity contribution in [3.8, 4) is 0 Å². The number of hydrogen-bond acceptors (Lipinski definition) is 8. The molecular weight excluding hydrogens is 454 g/mol. The summed E-state index contributed by atoms with van der Waals surface area (Å²) < 4.78 is 0. The number of β-lactam (4-membered cyclic amide) rings is 1. The van der Waals surface area contributed by atoms with Gasteiger partial charge in [0.1, 0.15) is 22.9 Å². The summed E-state index contributed by atoms with van der Waals surface area (Å²) in [6, 6.07) is 7.49. The van der Waals surface area contributed by atoms with Crippen molar-refractivity contribution in [2.75, 3.05) is 11.5 Å². The van der Waals surface area contributed by atoms with Gasteiger partial charge in [-0.05, 0) is 11.1 Å². The molecule has 0 spiro atoms. The lowest BCUT2D eigenvalue weighted by Crippen LogP contribution is -2.70. The fraction of sp³-hybridized carbons (Fsp3) is 0.350. The molecule has 3 heterocycles. The van der Waals surface area contributed by atoms with Gasteiger partial charge in [0, 0.05) is 17.9 Å². The number of aromatic amines is 1. The van der Waals surface area contributed by atoms with E-state index < -0.39 is 35.3 Å². The number of fused-ring (bicyclic) bond motifs is 1. The number of aryl methyl sites for hydroxylation is 1. The highest BCUT2D eigenvalue weighted by atomic mass is 32.2. The van der Waals surface area contributed by atoms with Crippen molar-refractivity contribution in [2.24, 2.45) is 0 Å². The highest BCUT2D eigenvalue weighted by Gasteiger charge is 2.54. The van der Waals surface area contributed by atoms with E-state index in [0.29, 0.717) is 34.2 Å². The van der Waals surface area contributed by atoms with Gasteiger partial charge in [-0.1, -0.05) is 49.0 Å². The van der Waals surface area contributed by atoms with Crippen LogP contribution in [0, 0.1) is 0 Å². The minimum absolute atomic E-state index is 0.0633. The topological polar surface area (TPSA) is 149 Å². The van der Waals surface area contributed by atoms with E-state index in [1.54, 1.807) is 30.3 Å². The minimum Gasteiger partial charge on any atom is -0.477 e. The third-order valence-electron chi connectivity index (χ3n) is 5.13. The Morgan fingerprint density at radius 3 is 2.78 bits per heavy atom. The molecule has 1 aromatic heterocycles. The number of aliphatic hydroxyl groups excluding tert-OH is 1. The van der Waals surface area contributed by atoms with Crippen LogP contribution >= 0.6 is 23.5 Å². The van der Waals surface area contributed by atoms with Gasteiger partial charge in [-0.2, -0.15) is 0 Å². The van der Waals surface area contributed by atoms with Gasteiger partial charge in [0.05, 0.1) is 0 Å². The number of carbonyl (C=O) groups excluding carboxylic acids is 2. The first-order valence-electron chi connectivity index (χ1n) is 9.88. The zero-order valence-electron chi connectivity index (χ0n) is 17.0. The van der Waals surface area contributed by atoms with Crippen molar-refractivity contribution in [3.63, 3.8) is 0 Å². The largest absolute Gasteiger partial charge is 0.477 e. The highest BCUT2D eigenvalue weighted by Crippen LogP contribution is 2.41. The molecule has 0 aliphatic carbocycles. The Bertz CT molecular complexity index is 1070. The first-order chi connectivity index (χ1) is 15.4. The van der Waals surface area contributed by atoms with E-state index in [-0.39, 0.29) is 5.70 Å². The number of hydrogen-bond donors (Lipinski definition) is 4. The molecule has 32 heavy (non-hydrogen) atoms. The van der Waals surface area contributed by atoms with Crippen LogP contribution in [-0.2, 0) is 20.8 Å². The monoisotopic (exact) mass is 475 g/mol. The van der Waals surface area contributed by atoms with Crippen LogP contribution in [0.4, 0.5) is 0 Å². The van der Waals surface area contributed by atoms with Gasteiger partial charge in [0.15, 0.2) is 6.10 Å². The van der Waals surface area contributed by atoms with Gasteiger partial charge in [0.25, 0.3) is 11.8 Å². The van der Waals surface area contributed by atoms with Crippen LogP contribution in [0.2, 0.25) is 0 Å². The van der Waals surface area contributed by atoms with Gasteiger partial charge < -0.3 is 15.5 Å². The number of nitrogens with zero attached hydrogens (tertiary/aromatic N) is 3. The molecule has 2 aliphatic heterocycles. The lowest BCUT2D eigenvalue weighted by molar-refractivity contribution is -0.151. The van der Waals surface area contributed by atoms with E-state index in [2.05, 4.69) is 20.5 Å². The predicted octanol–water partition coefficient (Wildman–Crippen LogP) is 0.931. The molecule has 2 unspecified atom stereocenters. The summed E-state index contributed by atoms with van der Waals surface area (Å²) in [5.74, 6) is -0.947. The maximum atomic E-state index is 12.7. The molecule has 0 radical (unpaired) electrons. The van der Waals surface area contributed by atoms with Crippen molar-refractivity contribution >= 4 is 41.3 Å². The van der Waals surface area contributed by atoms with Crippen molar-refractivity contribution < 1.29 is 24.6 Å². The third-order valence-corrected chi connectivity index (χ3v) is 7.41. The number of carboxylic acids is 1. The molecule has 12 heteroatoms. The van der Waals surface area contributed by atoms with E-state index in [9.17, 15) is 24.6 Å². The number of nitrogens with one attached hydrogen (secondary N) is 2. The van der Waals surface area contributed by atoms with Crippen molar-refractivity contribution in [3.05, 3.63) is 53.0 Å². The lowest BCUT2D eigenvalue weighted by atomic mass is 10.0. The van der Waals surface area contributed by atoms with Gasteiger partial charge in [0.2, 0.25) is 5.16 Å². The van der Waals surface area contributed by atoms with E-state index in [0.717, 1.165) is 5.82 Å². The standard InChI is InChI=1S/C20H21N5O5S2/c1-2-12-21-20(24-23-12)32-9-11-8-31-18-13(17(28)25(18)14(11)19(29)30)22-16(27)15(26)10-6-4-3-5-7-10/h3-7,13,15,18,26H,2,8-9H2,1H3,(H,22,27)(H,29,30)(H,21,23,24)/t13?,15?,18-/m1/s1. The molecule has 1 saturated heterocycles. The fourth-order valence-electron chi connectivity index (χ4n) is 3.47. The van der Waals surface area contributed by atoms with E-state index in [1.807, 2.05) is 6.92 Å². The number of benzene rings is 1. The molecule has 10 nitrogen and oxygen atoms in total. The molecule has 2 aromatic rings. The maximum Gasteiger partial charge on any atom is 0.352 e. The molecule has 1 fully saturated rings. The third kappa shape index (κ3) is 4.25. The normalized spacial score (nSPS) is 21.1. The van der Waals surface area contributed by atoms with Gasteiger partial charge >= 0.3 is 5.97 Å². The quantitative estimate of drug-likeness (QED) is 0.323. The molecule has 4 N–H and O–H groups in total. The van der Waals surface area contributed by atoms with Crippen LogP contribution < -0.4 is 5.32 Å². The lowest BCUT2D eigenvalue weighted by Gasteiger charge is -2.49. The highest BCUT2D eigenvalue weighted by molar-refractivity contribution is 8.01. The first kappa shape index (κ1) is 22.4. The molecule has 1 aromatic carbocycles. The Kier molecular flexibility index (Phi) is 6.53. The van der Waals surface area contributed by atoms with Gasteiger partial charge in [-0.15, -0.1) is 16.9 Å². The number of aromatic nitrogens is 3. The van der Waals surface area contributed by atoms with E-state index in [4.69, 9.17) is 0 Å². The summed E-state index contributed by atoms with van der Waals surface area (Å²) in [5, 5.41) is 29.5. The SMILES string of the molecule is CCc1nc(SCC2=C(C(=O)O)N3C(=O)C(NC(=O)C(O)c4ccccc4)[C@H]3SC2)n[nH]1. The smallest absolute Gasteiger partial charge is 0.352 e. The minimum atomic E-state index is -1.41. The number of H-pyrrole nitrogens is 1. The van der Waals surface area contributed by atoms with Crippen LogP contribution in [0.1, 0.15) is 24.4 Å². The number of amides is 2. The first-order valence-corrected chi connectivity index (χ1v) is 11.9. The molecule has 4 rings (SSSR count). The number of thioether (sulfide) groups is 2. The molecule has 2 aliphatic rings. The molecule has 2 amide bonds. The summed E-state index contributed by atoms with van der Waals surface area (Å²) in [6.45, 7) is 1.95. The Balaban J connectivity index is 1.44. The van der Waals surface area contributed by atoms with Gasteiger partial charge in [-0.25, -0.2) is 9.78 Å². The summed E-state index contributed by atoms with van der Waals surface area (Å²) in [5.41, 5.74) is 0.939. The average Bonchev–Trinajstić information content (AvgIpc) is 3.28. The van der Waals surface area contributed by atoms with Crippen molar-refractivity contribution in [1.82, 2.24) is 25.4 Å². The van der Waals surface area contributed by atoms with E-state index in [1.165, 1.54) is 28.4 Å².